The van der Waals surface area contributed by atoms with Crippen LogP contribution in [0, 0.1) is 5.92 Å². The van der Waals surface area contributed by atoms with Gasteiger partial charge in [0.1, 0.15) is 0 Å². The molecule has 1 amide bonds. The number of carbonyl (C=O) groups excluding carboxylic acids is 1. The van der Waals surface area contributed by atoms with E-state index in [-0.39, 0.29) is 16.7 Å². The first-order valence-corrected chi connectivity index (χ1v) is 14.3. The number of nitrogens with zero attached hydrogens (tertiary/aromatic N) is 2. The minimum atomic E-state index is -3.52. The van der Waals surface area contributed by atoms with Gasteiger partial charge in [-0.1, -0.05) is 51.7 Å². The van der Waals surface area contributed by atoms with Gasteiger partial charge in [-0.25, -0.2) is 13.4 Å². The molecule has 4 rings (SSSR count). The number of sulfonamides is 1. The average Bonchev–Trinajstić information content (AvgIpc) is 3.47. The lowest BCUT2D eigenvalue weighted by Gasteiger charge is -2.21. The summed E-state index contributed by atoms with van der Waals surface area (Å²) < 4.78 is 27.2. The first-order valence-electron chi connectivity index (χ1n) is 12.0. The van der Waals surface area contributed by atoms with E-state index in [2.05, 4.69) is 15.6 Å². The quantitative estimate of drug-likeness (QED) is 0.552. The third kappa shape index (κ3) is 5.48. The molecule has 2 aromatic rings. The molecule has 33 heavy (non-hydrogen) atoms. The van der Waals surface area contributed by atoms with Gasteiger partial charge in [0.05, 0.1) is 16.5 Å². The van der Waals surface area contributed by atoms with Gasteiger partial charge in [-0.3, -0.25) is 4.79 Å². The Morgan fingerprint density at radius 1 is 1.21 bits per heavy atom. The van der Waals surface area contributed by atoms with Gasteiger partial charge in [0.25, 0.3) is 0 Å². The Morgan fingerprint density at radius 2 is 1.91 bits per heavy atom. The van der Waals surface area contributed by atoms with Crippen molar-refractivity contribution >= 4 is 32.4 Å². The van der Waals surface area contributed by atoms with Crippen LogP contribution in [0.1, 0.15) is 68.0 Å². The number of fused-ring (bicyclic) bond motifs is 1. The third-order valence-corrected chi connectivity index (χ3v) is 9.90. The van der Waals surface area contributed by atoms with Crippen LogP contribution in [-0.4, -0.2) is 43.2 Å². The maximum absolute atomic E-state index is 13.4. The van der Waals surface area contributed by atoms with Crippen LogP contribution in [0.15, 0.2) is 29.2 Å². The lowest BCUT2D eigenvalue weighted by Crippen LogP contribution is -2.30. The number of rotatable bonds is 9. The van der Waals surface area contributed by atoms with Gasteiger partial charge in [0.2, 0.25) is 15.9 Å². The van der Waals surface area contributed by atoms with Crippen molar-refractivity contribution in [1.82, 2.24) is 14.6 Å². The van der Waals surface area contributed by atoms with E-state index in [1.54, 1.807) is 23.5 Å². The molecule has 7 nitrogen and oxygen atoms in total. The molecule has 0 unspecified atom stereocenters. The molecule has 9 heteroatoms. The predicted octanol–water partition coefficient (Wildman–Crippen LogP) is 4.12. The second kappa shape index (κ2) is 10.6. The van der Waals surface area contributed by atoms with Crippen LogP contribution >= 0.6 is 11.3 Å². The highest BCUT2D eigenvalue weighted by atomic mass is 32.2. The van der Waals surface area contributed by atoms with Gasteiger partial charge in [-0.2, -0.15) is 4.31 Å². The molecule has 2 heterocycles. The number of aromatic nitrogens is 1. The highest BCUT2D eigenvalue weighted by Gasteiger charge is 2.29. The summed E-state index contributed by atoms with van der Waals surface area (Å²) in [7, 11) is -3.52. The molecule has 0 saturated heterocycles. The zero-order valence-electron chi connectivity index (χ0n) is 19.5. The number of hydrogen-bond donors (Lipinski definition) is 2. The topological polar surface area (TPSA) is 91.4 Å². The molecule has 180 valence electrons. The fourth-order valence-electron chi connectivity index (χ4n) is 4.93. The van der Waals surface area contributed by atoms with Crippen LogP contribution in [0.4, 0.5) is 5.13 Å². The molecule has 1 saturated carbocycles. The molecule has 1 atom stereocenters. The van der Waals surface area contributed by atoms with Crippen molar-refractivity contribution in [2.24, 2.45) is 5.92 Å². The maximum atomic E-state index is 13.4. The average molecular weight is 491 g/mol. The molecule has 0 bridgehead atoms. The first kappa shape index (κ1) is 24.3. The molecule has 2 N–H and O–H groups in total. The zero-order chi connectivity index (χ0) is 23.4. The van der Waals surface area contributed by atoms with Crippen molar-refractivity contribution in [2.75, 3.05) is 25.0 Å². The summed E-state index contributed by atoms with van der Waals surface area (Å²) in [4.78, 5) is 19.5. The van der Waals surface area contributed by atoms with Crippen LogP contribution in [0.5, 0.6) is 0 Å². The maximum Gasteiger partial charge on any atom is 0.243 e. The van der Waals surface area contributed by atoms with Crippen molar-refractivity contribution in [3.63, 3.8) is 0 Å². The molecule has 0 radical (unpaired) electrons. The largest absolute Gasteiger partial charge is 0.311 e. The van der Waals surface area contributed by atoms with Crippen LogP contribution in [0.3, 0.4) is 0 Å². The minimum absolute atomic E-state index is 0.0553. The van der Waals surface area contributed by atoms with Crippen LogP contribution < -0.4 is 10.6 Å². The number of hydrogen-bond acceptors (Lipinski definition) is 6. The monoisotopic (exact) mass is 490 g/mol. The summed E-state index contributed by atoms with van der Waals surface area (Å²) in [5.74, 6) is 0.145. The number of amides is 1. The Balaban J connectivity index is 1.56. The first-order chi connectivity index (χ1) is 15.9. The van der Waals surface area contributed by atoms with Crippen LogP contribution in [0.25, 0.3) is 0 Å². The SMILES string of the molecule is CCN(CC)S(=O)(=O)c1ccc([C@@H](CC2CCCC2)C(=O)Nc2nc3c(s2)CNCC3)cc1. The normalized spacial score (nSPS) is 17.8. The molecular weight excluding hydrogens is 456 g/mol. The lowest BCUT2D eigenvalue weighted by atomic mass is 9.87. The van der Waals surface area contributed by atoms with Gasteiger partial charge >= 0.3 is 0 Å². The molecule has 1 aromatic heterocycles. The van der Waals surface area contributed by atoms with Gasteiger partial charge in [0, 0.05) is 37.5 Å². The van der Waals surface area contributed by atoms with E-state index < -0.39 is 10.0 Å². The number of nitrogens with one attached hydrogen (secondary N) is 2. The van der Waals surface area contributed by atoms with Crippen LogP contribution in [0.2, 0.25) is 0 Å². The molecule has 2 aliphatic rings. The Kier molecular flexibility index (Phi) is 7.83. The lowest BCUT2D eigenvalue weighted by molar-refractivity contribution is -0.118. The van der Waals surface area contributed by atoms with Gasteiger partial charge in [-0.15, -0.1) is 11.3 Å². The van der Waals surface area contributed by atoms with E-state index in [0.29, 0.717) is 24.1 Å². The molecule has 0 spiro atoms. The summed E-state index contributed by atoms with van der Waals surface area (Å²) in [6, 6.07) is 6.91. The molecule has 1 aromatic carbocycles. The van der Waals surface area contributed by atoms with Crippen LogP contribution in [-0.2, 0) is 27.8 Å². The van der Waals surface area contributed by atoms with Gasteiger partial charge in [-0.05, 0) is 30.0 Å². The highest BCUT2D eigenvalue weighted by Crippen LogP contribution is 2.36. The van der Waals surface area contributed by atoms with Gasteiger partial charge in [0.15, 0.2) is 5.13 Å². The van der Waals surface area contributed by atoms with E-state index in [4.69, 9.17) is 0 Å². The number of anilines is 1. The predicted molar refractivity (Wildman–Crippen MR) is 132 cm³/mol. The van der Waals surface area contributed by atoms with E-state index in [9.17, 15) is 13.2 Å². The molecule has 1 aliphatic carbocycles. The standard InChI is InChI=1S/C24H34N4O3S2/c1-3-28(4-2)33(30,31)19-11-9-18(10-12-19)20(15-17-7-5-6-8-17)23(29)27-24-26-21-13-14-25-16-22(21)32-24/h9-12,17,20,25H,3-8,13-16H2,1-2H3,(H,26,27,29)/t20-/m1/s1. The van der Waals surface area contributed by atoms with Crippen molar-refractivity contribution in [3.05, 3.63) is 40.4 Å². The molecule has 1 aliphatic heterocycles. The second-order valence-electron chi connectivity index (χ2n) is 8.90. The Morgan fingerprint density at radius 3 is 2.55 bits per heavy atom. The minimum Gasteiger partial charge on any atom is -0.311 e. The van der Waals surface area contributed by atoms with E-state index in [1.807, 2.05) is 26.0 Å². The summed E-state index contributed by atoms with van der Waals surface area (Å²) in [5.41, 5.74) is 1.94. The second-order valence-corrected chi connectivity index (χ2v) is 11.9. The number of benzene rings is 1. The Labute approximate surface area is 201 Å². The van der Waals surface area contributed by atoms with E-state index in [1.165, 1.54) is 22.0 Å². The van der Waals surface area contributed by atoms with Crippen molar-refractivity contribution < 1.29 is 13.2 Å². The van der Waals surface area contributed by atoms with Gasteiger partial charge < -0.3 is 10.6 Å². The summed E-state index contributed by atoms with van der Waals surface area (Å²) in [6.07, 6.45) is 6.39. The smallest absolute Gasteiger partial charge is 0.243 e. The zero-order valence-corrected chi connectivity index (χ0v) is 21.1. The number of carbonyl (C=O) groups is 1. The summed E-state index contributed by atoms with van der Waals surface area (Å²) in [5, 5.41) is 7.07. The Hall–Kier alpha value is -1.81. The summed E-state index contributed by atoms with van der Waals surface area (Å²) >= 11 is 1.54. The van der Waals surface area contributed by atoms with Crippen molar-refractivity contribution in [2.45, 2.75) is 69.7 Å². The van der Waals surface area contributed by atoms with E-state index >= 15 is 0 Å². The Bertz CT molecular complexity index is 1030. The van der Waals surface area contributed by atoms with Crippen molar-refractivity contribution in [1.29, 1.82) is 0 Å². The third-order valence-electron chi connectivity index (χ3n) is 6.82. The van der Waals surface area contributed by atoms with E-state index in [0.717, 1.165) is 50.0 Å². The number of thiazole rings is 1. The fraction of sp³-hybridized carbons (Fsp3) is 0.583. The highest BCUT2D eigenvalue weighted by molar-refractivity contribution is 7.89. The fourth-order valence-corrected chi connectivity index (χ4v) is 7.37. The molecular formula is C24H34N4O3S2. The summed E-state index contributed by atoms with van der Waals surface area (Å²) in [6.45, 7) is 6.25. The molecule has 1 fully saturated rings. The van der Waals surface area contributed by atoms with Crippen molar-refractivity contribution in [3.8, 4) is 0 Å².